The molecule has 1 aliphatic heterocycles. The minimum atomic E-state index is -0.245. The van der Waals surface area contributed by atoms with Gasteiger partial charge in [-0.05, 0) is 25.2 Å². The molecule has 0 aromatic rings. The summed E-state index contributed by atoms with van der Waals surface area (Å²) < 4.78 is 10.7. The first-order chi connectivity index (χ1) is 6.25. The van der Waals surface area contributed by atoms with Gasteiger partial charge in [-0.1, -0.05) is 6.42 Å². The van der Waals surface area contributed by atoms with Crippen LogP contribution in [0.3, 0.4) is 0 Å². The van der Waals surface area contributed by atoms with Gasteiger partial charge in [0.25, 0.3) is 0 Å². The van der Waals surface area contributed by atoms with E-state index >= 15 is 0 Å². The van der Waals surface area contributed by atoms with Crippen LogP contribution in [0.1, 0.15) is 25.7 Å². The first-order valence-electron chi connectivity index (χ1n) is 4.98. The van der Waals surface area contributed by atoms with E-state index in [0.717, 1.165) is 19.3 Å². The van der Waals surface area contributed by atoms with Crippen molar-refractivity contribution < 1.29 is 14.3 Å². The van der Waals surface area contributed by atoms with Crippen LogP contribution in [-0.2, 0) is 14.3 Å². The number of cyclic esters (lactones) is 1. The summed E-state index contributed by atoms with van der Waals surface area (Å²) >= 11 is 0. The van der Waals surface area contributed by atoms with Crippen molar-refractivity contribution in [1.82, 2.24) is 0 Å². The lowest BCUT2D eigenvalue weighted by Gasteiger charge is -2.53. The highest BCUT2D eigenvalue weighted by Crippen LogP contribution is 2.67. The Kier molecular flexibility index (Phi) is 1.25. The molecule has 0 radical (unpaired) electrons. The number of esters is 1. The maximum Gasteiger partial charge on any atom is 0.315 e. The van der Waals surface area contributed by atoms with E-state index in [2.05, 4.69) is 0 Å². The molecule has 1 heterocycles. The minimum absolute atomic E-state index is 0.00287. The lowest BCUT2D eigenvalue weighted by Crippen LogP contribution is -2.63. The predicted octanol–water partition coefficient (Wildman–Crippen LogP) is 1.12. The maximum atomic E-state index is 11.7. The van der Waals surface area contributed by atoms with Gasteiger partial charge in [-0.15, -0.1) is 0 Å². The summed E-state index contributed by atoms with van der Waals surface area (Å²) in [5.41, 5.74) is -0.479. The molecule has 0 N–H and O–H groups in total. The van der Waals surface area contributed by atoms with Gasteiger partial charge >= 0.3 is 5.97 Å². The molecular formula is C10H14O3. The third-order valence-electron chi connectivity index (χ3n) is 4.40. The summed E-state index contributed by atoms with van der Waals surface area (Å²) in [5.74, 6) is 0.547. The van der Waals surface area contributed by atoms with Crippen LogP contribution in [-0.4, -0.2) is 25.3 Å². The van der Waals surface area contributed by atoms with E-state index < -0.39 is 0 Å². The summed E-state index contributed by atoms with van der Waals surface area (Å²) in [6.07, 6.45) is 4.34. The summed E-state index contributed by atoms with van der Waals surface area (Å²) in [7, 11) is 1.71. The largest absolute Gasteiger partial charge is 0.462 e. The molecule has 2 saturated carbocycles. The summed E-state index contributed by atoms with van der Waals surface area (Å²) in [5, 5.41) is 0. The lowest BCUT2D eigenvalue weighted by atomic mass is 9.52. The van der Waals surface area contributed by atoms with E-state index in [9.17, 15) is 4.79 Å². The molecule has 3 atom stereocenters. The average Bonchev–Trinajstić information content (AvgIpc) is 2.56. The Bertz CT molecular complexity index is 275. The molecule has 2 aliphatic carbocycles. The summed E-state index contributed by atoms with van der Waals surface area (Å²) in [6, 6.07) is 0. The molecule has 0 aromatic carbocycles. The second kappa shape index (κ2) is 2.08. The molecule has 1 saturated heterocycles. The second-order valence-electron chi connectivity index (χ2n) is 4.54. The van der Waals surface area contributed by atoms with Crippen molar-refractivity contribution in [1.29, 1.82) is 0 Å². The number of rotatable bonds is 1. The van der Waals surface area contributed by atoms with E-state index in [1.165, 1.54) is 6.42 Å². The molecule has 13 heavy (non-hydrogen) atoms. The molecule has 3 aliphatic rings. The van der Waals surface area contributed by atoms with Crippen molar-refractivity contribution in [3.63, 3.8) is 0 Å². The highest BCUT2D eigenvalue weighted by molar-refractivity contribution is 5.83. The number of methoxy groups -OCH3 is 1. The number of carbonyl (C=O) groups excluding carboxylic acids is 1. The highest BCUT2D eigenvalue weighted by atomic mass is 16.6. The van der Waals surface area contributed by atoms with E-state index in [1.807, 2.05) is 0 Å². The smallest absolute Gasteiger partial charge is 0.315 e. The Morgan fingerprint density at radius 1 is 1.62 bits per heavy atom. The Morgan fingerprint density at radius 3 is 3.15 bits per heavy atom. The molecule has 72 valence electrons. The van der Waals surface area contributed by atoms with Crippen molar-refractivity contribution in [2.45, 2.75) is 31.3 Å². The first-order valence-corrected chi connectivity index (χ1v) is 4.98. The fraction of sp³-hybridized carbons (Fsp3) is 0.900. The molecule has 0 bridgehead atoms. The van der Waals surface area contributed by atoms with E-state index in [-0.39, 0.29) is 17.0 Å². The Labute approximate surface area is 77.4 Å². The molecule has 1 spiro atoms. The quantitative estimate of drug-likeness (QED) is 0.570. The Hall–Kier alpha value is -0.570. The fourth-order valence-electron chi connectivity index (χ4n) is 3.68. The third kappa shape index (κ3) is 0.592. The van der Waals surface area contributed by atoms with Crippen LogP contribution in [0.2, 0.25) is 0 Å². The zero-order valence-electron chi connectivity index (χ0n) is 7.84. The van der Waals surface area contributed by atoms with Gasteiger partial charge < -0.3 is 9.47 Å². The van der Waals surface area contributed by atoms with Gasteiger partial charge in [0.05, 0.1) is 0 Å². The van der Waals surface area contributed by atoms with Crippen molar-refractivity contribution in [2.75, 3.05) is 13.7 Å². The number of ether oxygens (including phenoxy) is 2. The summed E-state index contributed by atoms with van der Waals surface area (Å²) in [6.45, 7) is 0.485. The second-order valence-corrected chi connectivity index (χ2v) is 4.54. The predicted molar refractivity (Wildman–Crippen MR) is 45.1 cm³/mol. The Balaban J connectivity index is 2.06. The van der Waals surface area contributed by atoms with Gasteiger partial charge in [0.1, 0.15) is 17.6 Å². The van der Waals surface area contributed by atoms with Crippen LogP contribution in [0.4, 0.5) is 0 Å². The van der Waals surface area contributed by atoms with E-state index in [4.69, 9.17) is 9.47 Å². The molecular weight excluding hydrogens is 168 g/mol. The van der Waals surface area contributed by atoms with Gasteiger partial charge in [-0.3, -0.25) is 4.79 Å². The van der Waals surface area contributed by atoms with Crippen molar-refractivity contribution in [3.8, 4) is 0 Å². The van der Waals surface area contributed by atoms with Gasteiger partial charge in [0.2, 0.25) is 0 Å². The van der Waals surface area contributed by atoms with Crippen molar-refractivity contribution >= 4 is 5.97 Å². The standard InChI is InChI=1S/C10H14O3/c1-12-9-5-7-3-2-4-10(7,9)8(11)13-6-9/h7H,2-6H2,1H3/t7-,9-,10-/m0/s1. The molecule has 3 heteroatoms. The zero-order valence-corrected chi connectivity index (χ0v) is 7.84. The van der Waals surface area contributed by atoms with Crippen molar-refractivity contribution in [2.24, 2.45) is 11.3 Å². The number of carbonyl (C=O) groups is 1. The summed E-state index contributed by atoms with van der Waals surface area (Å²) in [4.78, 5) is 11.7. The van der Waals surface area contributed by atoms with Gasteiger partial charge in [-0.25, -0.2) is 0 Å². The lowest BCUT2D eigenvalue weighted by molar-refractivity contribution is -0.191. The topological polar surface area (TPSA) is 35.5 Å². The number of hydrogen-bond acceptors (Lipinski definition) is 3. The van der Waals surface area contributed by atoms with Gasteiger partial charge in [0, 0.05) is 7.11 Å². The highest BCUT2D eigenvalue weighted by Gasteiger charge is 2.76. The van der Waals surface area contributed by atoms with E-state index in [0.29, 0.717) is 12.5 Å². The normalized spacial score (nSPS) is 52.4. The average molecular weight is 182 g/mol. The van der Waals surface area contributed by atoms with Crippen LogP contribution >= 0.6 is 0 Å². The Morgan fingerprint density at radius 2 is 2.46 bits per heavy atom. The molecule has 3 nitrogen and oxygen atoms in total. The maximum absolute atomic E-state index is 11.7. The molecule has 0 amide bonds. The molecule has 3 fully saturated rings. The third-order valence-corrected chi connectivity index (χ3v) is 4.40. The van der Waals surface area contributed by atoms with Crippen LogP contribution < -0.4 is 0 Å². The first kappa shape index (κ1) is 7.80. The van der Waals surface area contributed by atoms with Crippen LogP contribution in [0.15, 0.2) is 0 Å². The van der Waals surface area contributed by atoms with Crippen LogP contribution in [0.25, 0.3) is 0 Å². The van der Waals surface area contributed by atoms with Gasteiger partial charge in [-0.2, -0.15) is 0 Å². The van der Waals surface area contributed by atoms with Crippen molar-refractivity contribution in [3.05, 3.63) is 0 Å². The zero-order chi connectivity index (χ0) is 9.10. The van der Waals surface area contributed by atoms with Gasteiger partial charge in [0.15, 0.2) is 0 Å². The molecule has 3 rings (SSSR count). The minimum Gasteiger partial charge on any atom is -0.462 e. The number of hydrogen-bond donors (Lipinski definition) is 0. The SMILES string of the molecule is CO[C@@]12COC(=O)[C@@]13CCC[C@H]3C2. The van der Waals surface area contributed by atoms with E-state index in [1.54, 1.807) is 7.11 Å². The van der Waals surface area contributed by atoms with Crippen LogP contribution in [0.5, 0.6) is 0 Å². The fourth-order valence-corrected chi connectivity index (χ4v) is 3.68. The monoisotopic (exact) mass is 182 g/mol. The molecule has 0 aromatic heterocycles. The van der Waals surface area contributed by atoms with Crippen LogP contribution in [0, 0.1) is 11.3 Å². The molecule has 0 unspecified atom stereocenters.